The Kier molecular flexibility index (Phi) is 2.96. The molecule has 0 unspecified atom stereocenters. The van der Waals surface area contributed by atoms with Crippen LogP contribution in [0, 0.1) is 5.82 Å². The van der Waals surface area contributed by atoms with Gasteiger partial charge in [0, 0.05) is 6.20 Å². The Morgan fingerprint density at radius 2 is 2.31 bits per heavy atom. The number of halogens is 1. The van der Waals surface area contributed by atoms with Crippen LogP contribution in [0.2, 0.25) is 0 Å². The number of ether oxygens (including phenoxy) is 1. The molecule has 1 aromatic heterocycles. The van der Waals surface area contributed by atoms with Gasteiger partial charge in [-0.25, -0.2) is 4.39 Å². The smallest absolute Gasteiger partial charge is 0.208 e. The summed E-state index contributed by atoms with van der Waals surface area (Å²) in [5.41, 5.74) is 1.77. The second kappa shape index (κ2) is 4.40. The lowest BCUT2D eigenvalue weighted by Crippen LogP contribution is -2.02. The molecule has 5 heteroatoms. The van der Waals surface area contributed by atoms with Crippen LogP contribution in [0.25, 0.3) is 0 Å². The van der Waals surface area contributed by atoms with Gasteiger partial charge in [0.25, 0.3) is 0 Å². The summed E-state index contributed by atoms with van der Waals surface area (Å²) in [6, 6.07) is 3.85. The van der Waals surface area contributed by atoms with Gasteiger partial charge in [-0.3, -0.25) is 9.78 Å². The number of rotatable bonds is 3. The molecular weight excluding hydrogens is 229 g/mol. The SMILES string of the molecule is COc1ccc(F)cc1C(=O)c1cncs1. The lowest BCUT2D eigenvalue weighted by Gasteiger charge is -2.05. The second-order valence-electron chi connectivity index (χ2n) is 3.04. The van der Waals surface area contributed by atoms with E-state index >= 15 is 0 Å². The van der Waals surface area contributed by atoms with Crippen LogP contribution < -0.4 is 4.74 Å². The monoisotopic (exact) mass is 237 g/mol. The summed E-state index contributed by atoms with van der Waals surface area (Å²) >= 11 is 1.21. The molecule has 82 valence electrons. The van der Waals surface area contributed by atoms with E-state index in [1.165, 1.54) is 42.8 Å². The van der Waals surface area contributed by atoms with E-state index in [-0.39, 0.29) is 11.3 Å². The first-order valence-corrected chi connectivity index (χ1v) is 5.37. The fourth-order valence-electron chi connectivity index (χ4n) is 1.32. The molecule has 0 N–H and O–H groups in total. The highest BCUT2D eigenvalue weighted by atomic mass is 32.1. The van der Waals surface area contributed by atoms with Crippen LogP contribution in [-0.4, -0.2) is 17.9 Å². The third-order valence-electron chi connectivity index (χ3n) is 2.06. The number of nitrogens with zero attached hydrogens (tertiary/aromatic N) is 1. The molecular formula is C11H8FNO2S. The minimum atomic E-state index is -0.464. The molecule has 1 aromatic carbocycles. The second-order valence-corrected chi connectivity index (χ2v) is 3.93. The van der Waals surface area contributed by atoms with Gasteiger partial charge < -0.3 is 4.74 Å². The normalized spacial score (nSPS) is 10.1. The Hall–Kier alpha value is -1.75. The highest BCUT2D eigenvalue weighted by Gasteiger charge is 2.16. The van der Waals surface area contributed by atoms with Crippen LogP contribution in [0.1, 0.15) is 15.2 Å². The van der Waals surface area contributed by atoms with Crippen molar-refractivity contribution in [1.29, 1.82) is 0 Å². The molecule has 0 aliphatic carbocycles. The first-order chi connectivity index (χ1) is 7.72. The van der Waals surface area contributed by atoms with E-state index in [4.69, 9.17) is 4.74 Å². The molecule has 0 saturated carbocycles. The Balaban J connectivity index is 2.47. The fourth-order valence-corrected chi connectivity index (χ4v) is 1.89. The zero-order valence-electron chi connectivity index (χ0n) is 8.44. The van der Waals surface area contributed by atoms with E-state index in [9.17, 15) is 9.18 Å². The third-order valence-corrected chi connectivity index (χ3v) is 2.83. The molecule has 2 aromatic rings. The summed E-state index contributed by atoms with van der Waals surface area (Å²) in [6.07, 6.45) is 1.46. The van der Waals surface area contributed by atoms with E-state index in [0.717, 1.165) is 0 Å². The van der Waals surface area contributed by atoms with Crippen molar-refractivity contribution in [1.82, 2.24) is 4.98 Å². The number of aromatic nitrogens is 1. The van der Waals surface area contributed by atoms with E-state index in [1.807, 2.05) is 0 Å². The van der Waals surface area contributed by atoms with Crippen LogP contribution in [0.4, 0.5) is 4.39 Å². The van der Waals surface area contributed by atoms with Gasteiger partial charge in [0.05, 0.1) is 23.1 Å². The van der Waals surface area contributed by atoms with Crippen LogP contribution in [0.3, 0.4) is 0 Å². The highest BCUT2D eigenvalue weighted by Crippen LogP contribution is 2.23. The van der Waals surface area contributed by atoms with Crippen molar-refractivity contribution in [2.75, 3.05) is 7.11 Å². The molecule has 2 rings (SSSR count). The number of carbonyl (C=O) groups excluding carboxylic acids is 1. The summed E-state index contributed by atoms with van der Waals surface area (Å²) in [5, 5.41) is 0. The number of ketones is 1. The van der Waals surface area contributed by atoms with Gasteiger partial charge in [-0.05, 0) is 18.2 Å². The van der Waals surface area contributed by atoms with Crippen LogP contribution >= 0.6 is 11.3 Å². The summed E-state index contributed by atoms with van der Waals surface area (Å²) in [6.45, 7) is 0. The molecule has 3 nitrogen and oxygen atoms in total. The number of carbonyl (C=O) groups is 1. The van der Waals surface area contributed by atoms with Crippen molar-refractivity contribution in [2.45, 2.75) is 0 Å². The molecule has 0 saturated heterocycles. The van der Waals surface area contributed by atoms with Crippen LogP contribution in [0.5, 0.6) is 5.75 Å². The Bertz CT molecular complexity index is 511. The third kappa shape index (κ3) is 1.94. The van der Waals surface area contributed by atoms with E-state index in [0.29, 0.717) is 10.6 Å². The number of benzene rings is 1. The largest absolute Gasteiger partial charge is 0.496 e. The fraction of sp³-hybridized carbons (Fsp3) is 0.0909. The van der Waals surface area contributed by atoms with Gasteiger partial charge in [-0.1, -0.05) is 0 Å². The summed E-state index contributed by atoms with van der Waals surface area (Å²) in [5.74, 6) is -0.382. The van der Waals surface area contributed by atoms with E-state index < -0.39 is 5.82 Å². The first kappa shape index (κ1) is 10.8. The quantitative estimate of drug-likeness (QED) is 0.770. The Morgan fingerprint density at radius 1 is 1.50 bits per heavy atom. The van der Waals surface area contributed by atoms with E-state index in [2.05, 4.69) is 4.98 Å². The van der Waals surface area contributed by atoms with Crippen molar-refractivity contribution in [3.05, 3.63) is 46.2 Å². The van der Waals surface area contributed by atoms with Gasteiger partial charge in [0.1, 0.15) is 11.6 Å². The highest BCUT2D eigenvalue weighted by molar-refractivity contribution is 7.11. The van der Waals surface area contributed by atoms with Gasteiger partial charge in [-0.2, -0.15) is 0 Å². The maximum atomic E-state index is 13.1. The van der Waals surface area contributed by atoms with Crippen molar-refractivity contribution in [2.24, 2.45) is 0 Å². The Morgan fingerprint density at radius 3 is 2.94 bits per heavy atom. The zero-order chi connectivity index (χ0) is 11.5. The van der Waals surface area contributed by atoms with Gasteiger partial charge in [0.15, 0.2) is 0 Å². The molecule has 16 heavy (non-hydrogen) atoms. The maximum Gasteiger partial charge on any atom is 0.208 e. The first-order valence-electron chi connectivity index (χ1n) is 4.49. The predicted octanol–water partition coefficient (Wildman–Crippen LogP) is 2.52. The molecule has 0 atom stereocenters. The van der Waals surface area contributed by atoms with Crippen molar-refractivity contribution in [3.8, 4) is 5.75 Å². The standard InChI is InChI=1S/C11H8FNO2S/c1-15-9-3-2-7(12)4-8(9)11(14)10-5-13-6-16-10/h2-6H,1H3. The summed E-state index contributed by atoms with van der Waals surface area (Å²) in [7, 11) is 1.44. The number of methoxy groups -OCH3 is 1. The maximum absolute atomic E-state index is 13.1. The average Bonchev–Trinajstić information content (AvgIpc) is 2.81. The van der Waals surface area contributed by atoms with Gasteiger partial charge in [-0.15, -0.1) is 11.3 Å². The minimum absolute atomic E-state index is 0.215. The lowest BCUT2D eigenvalue weighted by atomic mass is 10.1. The summed E-state index contributed by atoms with van der Waals surface area (Å²) in [4.78, 5) is 16.2. The lowest BCUT2D eigenvalue weighted by molar-refractivity contribution is 0.103. The van der Waals surface area contributed by atoms with Crippen molar-refractivity contribution >= 4 is 17.1 Å². The number of hydrogen-bond acceptors (Lipinski definition) is 4. The molecule has 0 bridgehead atoms. The Labute approximate surface area is 95.5 Å². The average molecular weight is 237 g/mol. The number of hydrogen-bond donors (Lipinski definition) is 0. The topological polar surface area (TPSA) is 39.2 Å². The van der Waals surface area contributed by atoms with Crippen molar-refractivity contribution in [3.63, 3.8) is 0 Å². The molecule has 0 spiro atoms. The van der Waals surface area contributed by atoms with Gasteiger partial charge in [0.2, 0.25) is 5.78 Å². The molecule has 0 fully saturated rings. The predicted molar refractivity (Wildman–Crippen MR) is 58.5 cm³/mol. The zero-order valence-corrected chi connectivity index (χ0v) is 9.25. The molecule has 0 aliphatic heterocycles. The molecule has 0 aliphatic rings. The van der Waals surface area contributed by atoms with Gasteiger partial charge >= 0.3 is 0 Å². The van der Waals surface area contributed by atoms with Crippen LogP contribution in [-0.2, 0) is 0 Å². The molecule has 1 heterocycles. The minimum Gasteiger partial charge on any atom is -0.496 e. The van der Waals surface area contributed by atoms with E-state index in [1.54, 1.807) is 5.51 Å². The molecule has 0 amide bonds. The van der Waals surface area contributed by atoms with Crippen molar-refractivity contribution < 1.29 is 13.9 Å². The summed E-state index contributed by atoms with van der Waals surface area (Å²) < 4.78 is 18.1. The number of thiazole rings is 1. The van der Waals surface area contributed by atoms with Crippen LogP contribution in [0.15, 0.2) is 29.9 Å². The molecule has 0 radical (unpaired) electrons.